The number of fused-ring (bicyclic) bond motifs is 1. The molecule has 1 aromatic heterocycles. The number of pyridine rings is 1. The molecule has 212 valence electrons. The Balaban J connectivity index is 1.30. The average Bonchev–Trinajstić information content (AvgIpc) is 3.36. The predicted octanol–water partition coefficient (Wildman–Crippen LogP) is 6.49. The predicted molar refractivity (Wildman–Crippen MR) is 168 cm³/mol. The molecule has 3 N–H and O–H groups in total. The maximum Gasteiger partial charge on any atom is 0.258 e. The van der Waals surface area contributed by atoms with Crippen LogP contribution < -0.4 is 16.0 Å². The summed E-state index contributed by atoms with van der Waals surface area (Å²) in [6, 6.07) is 27.2. The van der Waals surface area contributed by atoms with Crippen LogP contribution in [0.1, 0.15) is 64.8 Å². The molecule has 1 fully saturated rings. The molecule has 7 nitrogen and oxygen atoms in total. The van der Waals surface area contributed by atoms with E-state index in [0.717, 1.165) is 36.4 Å². The molecule has 0 saturated carbocycles. The number of carbonyl (C=O) groups is 2. The third-order valence-corrected chi connectivity index (χ3v) is 7.95. The highest BCUT2D eigenvalue weighted by atomic mass is 16.2. The number of benzene rings is 3. The van der Waals surface area contributed by atoms with Gasteiger partial charge in [0.05, 0.1) is 17.3 Å². The fourth-order valence-electron chi connectivity index (χ4n) is 5.66. The Morgan fingerprint density at radius 3 is 2.45 bits per heavy atom. The first-order chi connectivity index (χ1) is 20.5. The third kappa shape index (κ3) is 6.11. The number of hydrogen-bond acceptors (Lipinski definition) is 5. The molecule has 0 bridgehead atoms. The van der Waals surface area contributed by atoms with Crippen LogP contribution in [0.3, 0.4) is 0 Å². The Morgan fingerprint density at radius 2 is 1.71 bits per heavy atom. The topological polar surface area (TPSA) is 86.4 Å². The summed E-state index contributed by atoms with van der Waals surface area (Å²) in [5.41, 5.74) is 6.88. The van der Waals surface area contributed by atoms with E-state index in [9.17, 15) is 9.59 Å². The van der Waals surface area contributed by atoms with Crippen molar-refractivity contribution in [3.8, 4) is 0 Å². The minimum Gasteiger partial charge on any atom is -0.354 e. The van der Waals surface area contributed by atoms with Crippen molar-refractivity contribution in [3.05, 3.63) is 125 Å². The molecule has 3 aromatic carbocycles. The van der Waals surface area contributed by atoms with Crippen LogP contribution >= 0.6 is 0 Å². The summed E-state index contributed by atoms with van der Waals surface area (Å²) in [7, 11) is 0. The number of anilines is 2. The fraction of sp³-hybridized carbons (Fsp3) is 0.229. The van der Waals surface area contributed by atoms with Crippen LogP contribution in [0.4, 0.5) is 11.4 Å². The summed E-state index contributed by atoms with van der Waals surface area (Å²) in [5, 5.41) is 9.56. The monoisotopic (exact) mass is 557 g/mol. The Hall–Kier alpha value is -4.75. The molecule has 1 saturated heterocycles. The van der Waals surface area contributed by atoms with Gasteiger partial charge < -0.3 is 16.0 Å². The van der Waals surface area contributed by atoms with Crippen molar-refractivity contribution in [1.82, 2.24) is 15.2 Å². The number of nitrogens with one attached hydrogen (secondary N) is 3. The van der Waals surface area contributed by atoms with Gasteiger partial charge in [-0.25, -0.2) is 0 Å². The molecule has 6 rings (SSSR count). The van der Waals surface area contributed by atoms with Crippen molar-refractivity contribution >= 4 is 34.5 Å². The Labute approximate surface area is 246 Å². The molecule has 42 heavy (non-hydrogen) atoms. The van der Waals surface area contributed by atoms with Crippen molar-refractivity contribution in [2.45, 2.75) is 38.8 Å². The molecule has 3 heterocycles. The van der Waals surface area contributed by atoms with Gasteiger partial charge in [0, 0.05) is 47.0 Å². The van der Waals surface area contributed by atoms with Crippen molar-refractivity contribution in [1.29, 1.82) is 0 Å². The van der Waals surface area contributed by atoms with Crippen LogP contribution in [-0.4, -0.2) is 34.8 Å². The zero-order valence-electron chi connectivity index (χ0n) is 23.8. The summed E-state index contributed by atoms with van der Waals surface area (Å²) in [4.78, 5) is 33.5. The van der Waals surface area contributed by atoms with Gasteiger partial charge in [-0.2, -0.15) is 0 Å². The van der Waals surface area contributed by atoms with E-state index in [0.29, 0.717) is 28.1 Å². The van der Waals surface area contributed by atoms with Gasteiger partial charge in [0.1, 0.15) is 0 Å². The molecular weight excluding hydrogens is 522 g/mol. The summed E-state index contributed by atoms with van der Waals surface area (Å²) >= 11 is 0. The number of aromatic nitrogens is 1. The molecule has 1 atom stereocenters. The van der Waals surface area contributed by atoms with E-state index in [1.54, 1.807) is 30.6 Å². The lowest BCUT2D eigenvalue weighted by atomic mass is 9.98. The van der Waals surface area contributed by atoms with Gasteiger partial charge in [-0.15, -0.1) is 0 Å². The highest BCUT2D eigenvalue weighted by Gasteiger charge is 2.30. The molecule has 2 amide bonds. The Morgan fingerprint density at radius 1 is 0.929 bits per heavy atom. The summed E-state index contributed by atoms with van der Waals surface area (Å²) in [6.45, 7) is 5.20. The van der Waals surface area contributed by atoms with E-state index < -0.39 is 0 Å². The minimum atomic E-state index is -0.228. The molecule has 7 heteroatoms. The summed E-state index contributed by atoms with van der Waals surface area (Å²) < 4.78 is 0. The number of piperidine rings is 1. The SMILES string of the molecule is C[C@H](NC(=O)c1ccc2c(c1)/C(=C(/Nc1ccc(CN3CCCCC3)cc1)c1cccnc1)C(=O)N2)c1ccccc1. The van der Waals surface area contributed by atoms with Gasteiger partial charge in [0.25, 0.3) is 11.8 Å². The number of hydrogen-bond donors (Lipinski definition) is 3. The van der Waals surface area contributed by atoms with Crippen LogP contribution in [0.2, 0.25) is 0 Å². The van der Waals surface area contributed by atoms with E-state index in [4.69, 9.17) is 0 Å². The summed E-state index contributed by atoms with van der Waals surface area (Å²) in [6.07, 6.45) is 7.30. The molecule has 0 aliphatic carbocycles. The molecule has 0 spiro atoms. The van der Waals surface area contributed by atoms with Gasteiger partial charge in [-0.05, 0) is 86.4 Å². The minimum absolute atomic E-state index is 0.160. The molecule has 2 aliphatic rings. The van der Waals surface area contributed by atoms with Crippen molar-refractivity contribution < 1.29 is 9.59 Å². The standard InChI is InChI=1S/C35H35N5O2/c1-24(26-9-4-2-5-10-26)37-34(41)27-14-17-31-30(21-27)32(35(42)39-31)33(28-11-8-18-36-22-28)38-29-15-12-25(13-16-29)23-40-19-6-3-7-20-40/h2,4-5,8-18,21-22,24,38H,3,6-7,19-20,23H2,1H3,(H,37,41)(H,39,42)/b33-32-/t24-/m0/s1. The van der Waals surface area contributed by atoms with Crippen LogP contribution in [-0.2, 0) is 11.3 Å². The van der Waals surface area contributed by atoms with Crippen LogP contribution in [0.5, 0.6) is 0 Å². The average molecular weight is 558 g/mol. The smallest absolute Gasteiger partial charge is 0.258 e. The van der Waals surface area contributed by atoms with Gasteiger partial charge >= 0.3 is 0 Å². The highest BCUT2D eigenvalue weighted by Crippen LogP contribution is 2.38. The van der Waals surface area contributed by atoms with E-state index in [1.165, 1.54) is 24.8 Å². The van der Waals surface area contributed by atoms with Crippen LogP contribution in [0.25, 0.3) is 11.3 Å². The molecule has 0 radical (unpaired) electrons. The quantitative estimate of drug-likeness (QED) is 0.216. The first-order valence-electron chi connectivity index (χ1n) is 14.6. The van der Waals surface area contributed by atoms with E-state index >= 15 is 0 Å². The first-order valence-corrected chi connectivity index (χ1v) is 14.6. The Kier molecular flexibility index (Phi) is 8.10. The first kappa shape index (κ1) is 27.4. The van der Waals surface area contributed by atoms with Crippen LogP contribution in [0.15, 0.2) is 97.3 Å². The van der Waals surface area contributed by atoms with Crippen molar-refractivity contribution in [3.63, 3.8) is 0 Å². The number of carbonyl (C=O) groups excluding carboxylic acids is 2. The van der Waals surface area contributed by atoms with Gasteiger partial charge in [0.2, 0.25) is 0 Å². The fourth-order valence-corrected chi connectivity index (χ4v) is 5.66. The molecule has 4 aromatic rings. The largest absolute Gasteiger partial charge is 0.354 e. The highest BCUT2D eigenvalue weighted by molar-refractivity contribution is 6.37. The maximum atomic E-state index is 13.4. The van der Waals surface area contributed by atoms with E-state index in [1.807, 2.05) is 49.4 Å². The molecule has 0 unspecified atom stereocenters. The van der Waals surface area contributed by atoms with Crippen molar-refractivity contribution in [2.24, 2.45) is 0 Å². The van der Waals surface area contributed by atoms with Crippen LogP contribution in [0, 0.1) is 0 Å². The second-order valence-corrected chi connectivity index (χ2v) is 11.0. The van der Waals surface area contributed by atoms with E-state index in [-0.39, 0.29) is 17.9 Å². The molecule has 2 aliphatic heterocycles. The number of amides is 2. The van der Waals surface area contributed by atoms with E-state index in [2.05, 4.69) is 50.1 Å². The lowest BCUT2D eigenvalue weighted by Crippen LogP contribution is -2.29. The third-order valence-electron chi connectivity index (χ3n) is 7.95. The summed E-state index contributed by atoms with van der Waals surface area (Å²) in [5.74, 6) is -0.429. The number of nitrogens with zero attached hydrogens (tertiary/aromatic N) is 2. The van der Waals surface area contributed by atoms with Gasteiger partial charge in [-0.3, -0.25) is 19.5 Å². The number of likely N-dealkylation sites (tertiary alicyclic amines) is 1. The second kappa shape index (κ2) is 12.4. The normalized spacial score (nSPS) is 16.7. The number of rotatable bonds is 8. The van der Waals surface area contributed by atoms with Crippen molar-refractivity contribution in [2.75, 3.05) is 23.7 Å². The maximum absolute atomic E-state index is 13.4. The second-order valence-electron chi connectivity index (χ2n) is 11.0. The lowest BCUT2D eigenvalue weighted by Gasteiger charge is -2.26. The van der Waals surface area contributed by atoms with Gasteiger partial charge in [0.15, 0.2) is 0 Å². The lowest BCUT2D eigenvalue weighted by molar-refractivity contribution is -0.110. The zero-order chi connectivity index (χ0) is 28.9. The molecular formula is C35H35N5O2. The van der Waals surface area contributed by atoms with Gasteiger partial charge in [-0.1, -0.05) is 48.9 Å². The Bertz CT molecular complexity index is 1590. The zero-order valence-corrected chi connectivity index (χ0v) is 23.8.